The molecule has 116 valence electrons. The Morgan fingerprint density at radius 2 is 1.74 bits per heavy atom. The molecule has 0 bridgehead atoms. The maximum atomic E-state index is 12.8. The van der Waals surface area contributed by atoms with Crippen LogP contribution in [0.2, 0.25) is 0 Å². The van der Waals surface area contributed by atoms with Crippen molar-refractivity contribution in [2.24, 2.45) is 5.11 Å². The van der Waals surface area contributed by atoms with Gasteiger partial charge in [0.15, 0.2) is 0 Å². The molecule has 0 radical (unpaired) electrons. The molecule has 1 atom stereocenters. The monoisotopic (exact) mass is 307 g/mol. The minimum absolute atomic E-state index is 0.0572. The third kappa shape index (κ3) is 3.27. The second-order valence-electron chi connectivity index (χ2n) is 5.42. The molecule has 2 aromatic carbocycles. The molecule has 0 aromatic heterocycles. The highest BCUT2D eigenvalue weighted by atomic mass is 16.2. The van der Waals surface area contributed by atoms with Crippen LogP contribution >= 0.6 is 0 Å². The van der Waals surface area contributed by atoms with E-state index >= 15 is 0 Å². The van der Waals surface area contributed by atoms with E-state index in [-0.39, 0.29) is 18.6 Å². The lowest BCUT2D eigenvalue weighted by molar-refractivity contribution is 0.218. The second kappa shape index (κ2) is 6.85. The second-order valence-corrected chi connectivity index (χ2v) is 5.42. The number of carbonyl (C=O) groups is 1. The molecule has 0 N–H and O–H groups in total. The quantitative estimate of drug-likeness (QED) is 0.470. The van der Waals surface area contributed by atoms with Gasteiger partial charge in [-0.3, -0.25) is 4.90 Å². The average Bonchev–Trinajstić information content (AvgIpc) is 2.90. The van der Waals surface area contributed by atoms with E-state index < -0.39 is 0 Å². The Balaban J connectivity index is 1.84. The van der Waals surface area contributed by atoms with Crippen LogP contribution in [0.1, 0.15) is 5.56 Å². The summed E-state index contributed by atoms with van der Waals surface area (Å²) in [4.78, 5) is 19.1. The minimum atomic E-state index is -0.149. The molecular weight excluding hydrogens is 290 g/mol. The van der Waals surface area contributed by atoms with Gasteiger partial charge in [0.25, 0.3) is 0 Å². The summed E-state index contributed by atoms with van der Waals surface area (Å²) in [6.07, 6.45) is 0. The number of amides is 2. The zero-order chi connectivity index (χ0) is 16.1. The summed E-state index contributed by atoms with van der Waals surface area (Å²) >= 11 is 0. The fourth-order valence-corrected chi connectivity index (χ4v) is 2.84. The lowest BCUT2D eigenvalue weighted by Gasteiger charge is -2.22. The minimum Gasteiger partial charge on any atom is -0.318 e. The van der Waals surface area contributed by atoms with Gasteiger partial charge in [-0.1, -0.05) is 53.6 Å². The number of benzene rings is 2. The maximum absolute atomic E-state index is 12.8. The standard InChI is InChI=1S/C17H17N5O/c18-20-19-11-16-13-21(12-14-7-3-1-4-8-14)17(23)22(16)15-9-5-2-6-10-15/h1-10,16H,11-13H2. The molecule has 0 saturated carbocycles. The van der Waals surface area contributed by atoms with Crippen molar-refractivity contribution in [2.75, 3.05) is 18.0 Å². The third-order valence-electron chi connectivity index (χ3n) is 3.88. The number of anilines is 1. The first-order valence-corrected chi connectivity index (χ1v) is 7.47. The van der Waals surface area contributed by atoms with Crippen molar-refractivity contribution >= 4 is 11.7 Å². The van der Waals surface area contributed by atoms with Crippen LogP contribution in [0.5, 0.6) is 0 Å². The van der Waals surface area contributed by atoms with Crippen molar-refractivity contribution in [3.63, 3.8) is 0 Å². The Hall–Kier alpha value is -2.98. The molecule has 1 aliphatic rings. The van der Waals surface area contributed by atoms with Crippen LogP contribution in [0, 0.1) is 0 Å². The molecule has 6 nitrogen and oxygen atoms in total. The summed E-state index contributed by atoms with van der Waals surface area (Å²) < 4.78 is 0. The molecule has 1 aliphatic heterocycles. The molecule has 1 fully saturated rings. The number of urea groups is 1. The van der Waals surface area contributed by atoms with E-state index in [9.17, 15) is 4.79 Å². The van der Waals surface area contributed by atoms with Crippen LogP contribution in [0.15, 0.2) is 65.8 Å². The Morgan fingerprint density at radius 1 is 1.09 bits per heavy atom. The summed E-state index contributed by atoms with van der Waals surface area (Å²) in [5, 5.41) is 3.67. The maximum Gasteiger partial charge on any atom is 0.325 e. The number of azide groups is 1. The normalized spacial score (nSPS) is 17.2. The van der Waals surface area contributed by atoms with E-state index in [1.165, 1.54) is 0 Å². The highest BCUT2D eigenvalue weighted by molar-refractivity contribution is 5.95. The highest BCUT2D eigenvalue weighted by Crippen LogP contribution is 2.26. The van der Waals surface area contributed by atoms with E-state index in [0.717, 1.165) is 11.3 Å². The van der Waals surface area contributed by atoms with E-state index in [2.05, 4.69) is 10.0 Å². The Labute approximate surface area is 134 Å². The Kier molecular flexibility index (Phi) is 4.45. The van der Waals surface area contributed by atoms with Gasteiger partial charge in [-0.25, -0.2) is 4.79 Å². The summed E-state index contributed by atoms with van der Waals surface area (Å²) in [6, 6.07) is 19.2. The number of hydrogen-bond donors (Lipinski definition) is 0. The van der Waals surface area contributed by atoms with Crippen LogP contribution in [0.3, 0.4) is 0 Å². The topological polar surface area (TPSA) is 72.3 Å². The Bertz CT molecular complexity index is 712. The molecule has 0 spiro atoms. The summed E-state index contributed by atoms with van der Waals surface area (Å²) in [6.45, 7) is 1.36. The van der Waals surface area contributed by atoms with Crippen LogP contribution in [0.25, 0.3) is 10.4 Å². The first kappa shape index (κ1) is 14.9. The number of nitrogens with zero attached hydrogens (tertiary/aromatic N) is 5. The van der Waals surface area contributed by atoms with Crippen molar-refractivity contribution < 1.29 is 4.79 Å². The van der Waals surface area contributed by atoms with Gasteiger partial charge in [-0.2, -0.15) is 0 Å². The van der Waals surface area contributed by atoms with Gasteiger partial charge in [0.05, 0.1) is 6.04 Å². The van der Waals surface area contributed by atoms with Crippen LogP contribution < -0.4 is 4.90 Å². The molecule has 0 aliphatic carbocycles. The SMILES string of the molecule is [N-]=[N+]=NCC1CN(Cc2ccccc2)C(=O)N1c1ccccc1. The number of hydrogen-bond acceptors (Lipinski definition) is 2. The molecule has 1 unspecified atom stereocenters. The van der Waals surface area contributed by atoms with E-state index in [4.69, 9.17) is 5.53 Å². The summed E-state index contributed by atoms with van der Waals surface area (Å²) in [5.74, 6) is 0. The first-order valence-electron chi connectivity index (χ1n) is 7.47. The number of para-hydroxylation sites is 1. The van der Waals surface area contributed by atoms with Crippen LogP contribution in [-0.2, 0) is 6.54 Å². The predicted molar refractivity (Wildman–Crippen MR) is 89.0 cm³/mol. The van der Waals surface area contributed by atoms with Gasteiger partial charge in [0.1, 0.15) is 0 Å². The van der Waals surface area contributed by atoms with E-state index in [0.29, 0.717) is 13.1 Å². The van der Waals surface area contributed by atoms with Gasteiger partial charge in [0.2, 0.25) is 0 Å². The van der Waals surface area contributed by atoms with Crippen LogP contribution in [-0.4, -0.2) is 30.1 Å². The molecule has 3 rings (SSSR count). The zero-order valence-corrected chi connectivity index (χ0v) is 12.6. The molecule has 2 amide bonds. The number of rotatable bonds is 5. The predicted octanol–water partition coefficient (Wildman–Crippen LogP) is 3.81. The van der Waals surface area contributed by atoms with Gasteiger partial charge >= 0.3 is 6.03 Å². The lowest BCUT2D eigenvalue weighted by Crippen LogP contribution is -2.36. The van der Waals surface area contributed by atoms with Gasteiger partial charge in [-0.15, -0.1) is 0 Å². The van der Waals surface area contributed by atoms with Crippen molar-refractivity contribution in [2.45, 2.75) is 12.6 Å². The van der Waals surface area contributed by atoms with E-state index in [1.54, 1.807) is 9.80 Å². The Morgan fingerprint density at radius 3 is 2.39 bits per heavy atom. The first-order chi connectivity index (χ1) is 11.3. The molecule has 1 heterocycles. The van der Waals surface area contributed by atoms with Gasteiger partial charge in [0, 0.05) is 30.2 Å². The van der Waals surface area contributed by atoms with Gasteiger partial charge in [-0.05, 0) is 23.2 Å². The molecular formula is C17H17N5O. The highest BCUT2D eigenvalue weighted by Gasteiger charge is 2.37. The molecule has 23 heavy (non-hydrogen) atoms. The van der Waals surface area contributed by atoms with Crippen molar-refractivity contribution in [3.8, 4) is 0 Å². The fraction of sp³-hybridized carbons (Fsp3) is 0.235. The summed E-state index contributed by atoms with van der Waals surface area (Å²) in [5.41, 5.74) is 10.5. The van der Waals surface area contributed by atoms with Crippen LogP contribution in [0.4, 0.5) is 10.5 Å². The third-order valence-corrected chi connectivity index (χ3v) is 3.88. The molecule has 1 saturated heterocycles. The fourth-order valence-electron chi connectivity index (χ4n) is 2.84. The van der Waals surface area contributed by atoms with Crippen molar-refractivity contribution in [3.05, 3.63) is 76.7 Å². The molecule has 6 heteroatoms. The van der Waals surface area contributed by atoms with Crippen molar-refractivity contribution in [1.82, 2.24) is 4.90 Å². The van der Waals surface area contributed by atoms with E-state index in [1.807, 2.05) is 60.7 Å². The smallest absolute Gasteiger partial charge is 0.318 e. The van der Waals surface area contributed by atoms with Crippen molar-refractivity contribution in [1.29, 1.82) is 0 Å². The largest absolute Gasteiger partial charge is 0.325 e. The molecule has 2 aromatic rings. The summed E-state index contributed by atoms with van der Waals surface area (Å²) in [7, 11) is 0. The lowest BCUT2D eigenvalue weighted by atomic mass is 10.2. The van der Waals surface area contributed by atoms with Gasteiger partial charge < -0.3 is 4.90 Å². The average molecular weight is 307 g/mol. The zero-order valence-electron chi connectivity index (χ0n) is 12.6. The number of carbonyl (C=O) groups excluding carboxylic acids is 1.